The van der Waals surface area contributed by atoms with Crippen molar-refractivity contribution in [3.05, 3.63) is 22.2 Å². The van der Waals surface area contributed by atoms with Crippen molar-refractivity contribution in [2.75, 3.05) is 25.5 Å². The second kappa shape index (κ2) is 7.33. The molecule has 1 aromatic carbocycles. The zero-order chi connectivity index (χ0) is 18.4. The minimum absolute atomic E-state index is 0. The lowest BCUT2D eigenvalue weighted by Gasteiger charge is -2.32. The van der Waals surface area contributed by atoms with E-state index in [1.165, 1.54) is 11.3 Å². The summed E-state index contributed by atoms with van der Waals surface area (Å²) < 4.78 is 0.985. The molecule has 2 heterocycles. The van der Waals surface area contributed by atoms with Crippen LogP contribution in [-0.2, 0) is 10.2 Å². The largest absolute Gasteiger partial charge is 0.508 e. The first-order chi connectivity index (χ1) is 10.9. The molecule has 7 heteroatoms. The Kier molecular flexibility index (Phi) is 6.47. The highest BCUT2D eigenvalue weighted by Gasteiger charge is 2.52. The van der Waals surface area contributed by atoms with Gasteiger partial charge in [-0.05, 0) is 67.9 Å². The molecule has 1 fully saturated rings. The molecule has 0 spiro atoms. The van der Waals surface area contributed by atoms with Crippen LogP contribution in [0, 0.1) is 5.41 Å². The molecule has 0 unspecified atom stereocenters. The molecule has 0 bridgehead atoms. The van der Waals surface area contributed by atoms with Crippen LogP contribution in [0.15, 0.2) is 16.6 Å². The monoisotopic (exact) mass is 434 g/mol. The third-order valence-corrected chi connectivity index (χ3v) is 5.60. The number of likely N-dealkylation sites (tertiary alicyclic amines) is 1. The lowest BCUT2D eigenvalue weighted by atomic mass is 9.81. The Morgan fingerprint density at radius 2 is 1.84 bits per heavy atom. The summed E-state index contributed by atoms with van der Waals surface area (Å²) in [4.78, 5) is 14.7. The van der Waals surface area contributed by atoms with Gasteiger partial charge in [-0.1, -0.05) is 6.92 Å². The number of fused-ring (bicyclic) bond motifs is 3. The minimum Gasteiger partial charge on any atom is -0.508 e. The van der Waals surface area contributed by atoms with Crippen LogP contribution in [0.1, 0.15) is 39.7 Å². The van der Waals surface area contributed by atoms with E-state index in [0.717, 1.165) is 17.4 Å². The molecule has 0 saturated carbocycles. The molecule has 2 atom stereocenters. The highest BCUT2D eigenvalue weighted by atomic mass is 79.9. The molecule has 5 nitrogen and oxygen atoms in total. The van der Waals surface area contributed by atoms with Crippen LogP contribution in [0.3, 0.4) is 0 Å². The van der Waals surface area contributed by atoms with Gasteiger partial charge in [0.15, 0.2) is 0 Å². The first-order valence-corrected chi connectivity index (χ1v) is 8.88. The number of hydrogen-bond donors (Lipinski definition) is 2. The normalized spacial score (nSPS) is 24.8. The van der Waals surface area contributed by atoms with Crippen LogP contribution in [0.25, 0.3) is 0 Å². The van der Waals surface area contributed by atoms with Crippen LogP contribution in [-0.4, -0.2) is 47.9 Å². The van der Waals surface area contributed by atoms with Gasteiger partial charge in [0, 0.05) is 23.5 Å². The number of carboxylic acid groups (broad SMARTS) is 1. The van der Waals surface area contributed by atoms with Crippen molar-refractivity contribution in [2.45, 2.75) is 45.7 Å². The molecule has 25 heavy (non-hydrogen) atoms. The van der Waals surface area contributed by atoms with E-state index in [2.05, 4.69) is 46.7 Å². The molecule has 1 aromatic rings. The number of halogens is 2. The molecule has 3 rings (SSSR count). The number of rotatable bonds is 0. The predicted octanol–water partition coefficient (Wildman–Crippen LogP) is 4.06. The van der Waals surface area contributed by atoms with Gasteiger partial charge >= 0.3 is 5.97 Å². The maximum atomic E-state index is 10.0. The second-order valence-corrected chi connectivity index (χ2v) is 8.87. The minimum atomic E-state index is -0.757. The summed E-state index contributed by atoms with van der Waals surface area (Å²) in [5, 5.41) is 18.1. The van der Waals surface area contributed by atoms with E-state index in [4.69, 9.17) is 5.11 Å². The number of benzene rings is 1. The highest BCUT2D eigenvalue weighted by molar-refractivity contribution is 9.10. The molecule has 0 aromatic heterocycles. The third-order valence-electron chi connectivity index (χ3n) is 5.00. The van der Waals surface area contributed by atoms with Crippen molar-refractivity contribution in [2.24, 2.45) is 5.41 Å². The number of hydrogen-bond acceptors (Lipinski definition) is 4. The molecule has 1 saturated heterocycles. The summed E-state index contributed by atoms with van der Waals surface area (Å²) in [5.74, 6) is -0.409. The molecule has 2 aliphatic heterocycles. The lowest BCUT2D eigenvalue weighted by Crippen LogP contribution is -2.45. The smallest absolute Gasteiger partial charge is 0.308 e. The fourth-order valence-electron chi connectivity index (χ4n) is 3.64. The molecule has 0 amide bonds. The number of phenols is 1. The van der Waals surface area contributed by atoms with E-state index >= 15 is 0 Å². The van der Waals surface area contributed by atoms with E-state index < -0.39 is 11.4 Å². The Balaban J connectivity index is 0.000000339. The Morgan fingerprint density at radius 3 is 2.32 bits per heavy atom. The molecule has 2 N–H and O–H groups in total. The van der Waals surface area contributed by atoms with Crippen molar-refractivity contribution in [3.8, 4) is 5.75 Å². The molecule has 142 valence electrons. The standard InChI is InChI=1S/C13H17BrN2O.C5H10O2.ClH/c1-13-4-5-15(2)12(13)16(3)11-9(13)6-8(17)7-10(11)14;1-5(2,3)4(6)7;/h6-7,12,17H,4-5H2,1-3H3;1-3H3,(H,6,7);1H/t12-,13+;;/m1../s1. The maximum Gasteiger partial charge on any atom is 0.308 e. The first kappa shape index (κ1) is 22.1. The zero-order valence-corrected chi connectivity index (χ0v) is 18.0. The Morgan fingerprint density at radius 1 is 1.32 bits per heavy atom. The van der Waals surface area contributed by atoms with Crippen LogP contribution >= 0.6 is 28.3 Å². The van der Waals surface area contributed by atoms with Crippen molar-refractivity contribution < 1.29 is 15.0 Å². The number of likely N-dealkylation sites (N-methyl/N-ethyl adjacent to an activating group) is 2. The van der Waals surface area contributed by atoms with Gasteiger partial charge in [0.1, 0.15) is 5.75 Å². The van der Waals surface area contributed by atoms with E-state index in [0.29, 0.717) is 11.9 Å². The summed E-state index contributed by atoms with van der Waals surface area (Å²) in [6, 6.07) is 3.70. The number of nitrogens with zero attached hydrogens (tertiary/aromatic N) is 2. The van der Waals surface area contributed by atoms with Crippen LogP contribution in [0.2, 0.25) is 0 Å². The van der Waals surface area contributed by atoms with E-state index in [9.17, 15) is 9.90 Å². The van der Waals surface area contributed by atoms with Crippen LogP contribution in [0.4, 0.5) is 5.69 Å². The van der Waals surface area contributed by atoms with E-state index in [1.54, 1.807) is 26.8 Å². The molecule has 0 aliphatic carbocycles. The highest BCUT2D eigenvalue weighted by Crippen LogP contribution is 2.54. The fourth-order valence-corrected chi connectivity index (χ4v) is 4.37. The average molecular weight is 436 g/mol. The van der Waals surface area contributed by atoms with Gasteiger partial charge in [-0.15, -0.1) is 12.4 Å². The Labute approximate surface area is 164 Å². The molecular formula is C18H28BrClN2O3. The van der Waals surface area contributed by atoms with E-state index in [1.807, 2.05) is 6.07 Å². The first-order valence-electron chi connectivity index (χ1n) is 8.09. The Hall–Kier alpha value is -0.980. The molecule has 0 radical (unpaired) electrons. The molecular weight excluding hydrogens is 408 g/mol. The number of aliphatic carboxylic acids is 1. The van der Waals surface area contributed by atoms with E-state index in [-0.39, 0.29) is 17.8 Å². The summed E-state index contributed by atoms with van der Waals surface area (Å²) in [7, 11) is 4.31. The number of carboxylic acids is 1. The van der Waals surface area contributed by atoms with Gasteiger partial charge in [0.2, 0.25) is 0 Å². The van der Waals surface area contributed by atoms with Crippen molar-refractivity contribution in [3.63, 3.8) is 0 Å². The summed E-state index contributed by atoms with van der Waals surface area (Å²) in [5.41, 5.74) is 2.03. The average Bonchev–Trinajstić information content (AvgIpc) is 2.84. The number of carbonyl (C=O) groups is 1. The van der Waals surface area contributed by atoms with Crippen molar-refractivity contribution >= 4 is 40.0 Å². The van der Waals surface area contributed by atoms with Gasteiger partial charge in [-0.25, -0.2) is 0 Å². The maximum absolute atomic E-state index is 10.0. The lowest BCUT2D eigenvalue weighted by molar-refractivity contribution is -0.145. The Bertz CT molecular complexity index is 662. The fraction of sp³-hybridized carbons (Fsp3) is 0.611. The summed E-state index contributed by atoms with van der Waals surface area (Å²) >= 11 is 3.57. The quantitative estimate of drug-likeness (QED) is 0.643. The number of phenolic OH excluding ortho intramolecular Hbond substituents is 1. The SMILES string of the molecule is CC(C)(C)C(=O)O.CN1CC[C@@]2(C)c3cc(O)cc(Br)c3N(C)[C@@H]12.Cl. The summed E-state index contributed by atoms with van der Waals surface area (Å²) in [6.07, 6.45) is 1.54. The number of aromatic hydroxyl groups is 1. The van der Waals surface area contributed by atoms with Gasteiger partial charge in [0.25, 0.3) is 0 Å². The van der Waals surface area contributed by atoms with Crippen molar-refractivity contribution in [1.82, 2.24) is 4.90 Å². The van der Waals surface area contributed by atoms with Crippen LogP contribution < -0.4 is 4.90 Å². The number of anilines is 1. The van der Waals surface area contributed by atoms with Crippen molar-refractivity contribution in [1.29, 1.82) is 0 Å². The summed E-state index contributed by atoms with van der Waals surface area (Å²) in [6.45, 7) is 8.40. The topological polar surface area (TPSA) is 64.0 Å². The third kappa shape index (κ3) is 3.91. The van der Waals surface area contributed by atoms with Gasteiger partial charge < -0.3 is 15.1 Å². The van der Waals surface area contributed by atoms with Crippen LogP contribution in [0.5, 0.6) is 5.75 Å². The van der Waals surface area contributed by atoms with Gasteiger partial charge in [-0.2, -0.15) is 0 Å². The van der Waals surface area contributed by atoms with Gasteiger partial charge in [-0.3, -0.25) is 9.69 Å². The predicted molar refractivity (Wildman–Crippen MR) is 107 cm³/mol. The molecule has 2 aliphatic rings. The van der Waals surface area contributed by atoms with Gasteiger partial charge in [0.05, 0.1) is 17.3 Å². The second-order valence-electron chi connectivity index (χ2n) is 8.01. The zero-order valence-electron chi connectivity index (χ0n) is 15.6.